The van der Waals surface area contributed by atoms with E-state index in [4.69, 9.17) is 0 Å². The Bertz CT molecular complexity index is 959. The second kappa shape index (κ2) is 6.90. The fourth-order valence-corrected chi connectivity index (χ4v) is 3.38. The van der Waals surface area contributed by atoms with Crippen LogP contribution in [0.3, 0.4) is 0 Å². The van der Waals surface area contributed by atoms with Crippen LogP contribution in [0.1, 0.15) is 11.1 Å². The summed E-state index contributed by atoms with van der Waals surface area (Å²) in [6, 6.07) is 18.3. The van der Waals surface area contributed by atoms with Crippen LogP contribution in [0.25, 0.3) is 11.4 Å². The molecule has 4 rings (SSSR count). The van der Waals surface area contributed by atoms with Crippen LogP contribution in [0, 0.1) is 6.92 Å². The van der Waals surface area contributed by atoms with Gasteiger partial charge in [0.05, 0.1) is 11.4 Å². The average Bonchev–Trinajstić information content (AvgIpc) is 3.33. The van der Waals surface area contributed by atoms with Crippen molar-refractivity contribution in [2.75, 3.05) is 0 Å². The van der Waals surface area contributed by atoms with E-state index in [2.05, 4.69) is 57.9 Å². The zero-order chi connectivity index (χ0) is 17.1. The highest BCUT2D eigenvalue weighted by molar-refractivity contribution is 7.98. The summed E-state index contributed by atoms with van der Waals surface area (Å²) in [6.45, 7) is 2.06. The standard InChI is InChI=1S/C18H16N6S/c1-14-5-2-3-6-17(14)24-18(20-21-22-24)25-13-15-7-9-16(10-8-15)23-12-4-11-19-23/h2-12H,13H2,1H3. The van der Waals surface area contributed by atoms with Crippen LogP contribution >= 0.6 is 11.8 Å². The average molecular weight is 348 g/mol. The van der Waals surface area contributed by atoms with E-state index in [0.717, 1.165) is 27.8 Å². The summed E-state index contributed by atoms with van der Waals surface area (Å²) in [5, 5.41) is 17.1. The highest BCUT2D eigenvalue weighted by Gasteiger charge is 2.11. The topological polar surface area (TPSA) is 61.4 Å². The van der Waals surface area contributed by atoms with Crippen LogP contribution in [0.5, 0.6) is 0 Å². The van der Waals surface area contributed by atoms with Crippen molar-refractivity contribution in [3.05, 3.63) is 78.1 Å². The maximum atomic E-state index is 4.24. The molecule has 2 aromatic heterocycles. The molecule has 0 amide bonds. The Labute approximate surface area is 149 Å². The van der Waals surface area contributed by atoms with Crippen molar-refractivity contribution in [3.63, 3.8) is 0 Å². The van der Waals surface area contributed by atoms with Gasteiger partial charge in [0, 0.05) is 18.1 Å². The number of hydrogen-bond acceptors (Lipinski definition) is 5. The highest BCUT2D eigenvalue weighted by Crippen LogP contribution is 2.24. The lowest BCUT2D eigenvalue weighted by atomic mass is 10.2. The molecule has 4 aromatic rings. The van der Waals surface area contributed by atoms with Gasteiger partial charge in [0.15, 0.2) is 0 Å². The van der Waals surface area contributed by atoms with Gasteiger partial charge in [-0.3, -0.25) is 0 Å². The predicted molar refractivity (Wildman–Crippen MR) is 97.0 cm³/mol. The number of aromatic nitrogens is 6. The van der Waals surface area contributed by atoms with E-state index in [1.165, 1.54) is 5.56 Å². The normalized spacial score (nSPS) is 10.9. The minimum absolute atomic E-state index is 0.783. The number of aryl methyl sites for hydroxylation is 1. The molecule has 0 atom stereocenters. The number of thioether (sulfide) groups is 1. The lowest BCUT2D eigenvalue weighted by Gasteiger charge is -2.07. The summed E-state index contributed by atoms with van der Waals surface area (Å²) < 4.78 is 3.63. The van der Waals surface area contributed by atoms with E-state index < -0.39 is 0 Å². The molecule has 25 heavy (non-hydrogen) atoms. The summed E-state index contributed by atoms with van der Waals surface area (Å²) in [6.07, 6.45) is 3.70. The molecular weight excluding hydrogens is 332 g/mol. The summed E-state index contributed by atoms with van der Waals surface area (Å²) in [7, 11) is 0. The van der Waals surface area contributed by atoms with Crippen molar-refractivity contribution in [2.45, 2.75) is 17.8 Å². The van der Waals surface area contributed by atoms with Crippen LogP contribution in [-0.4, -0.2) is 30.0 Å². The SMILES string of the molecule is Cc1ccccc1-n1nnnc1SCc1ccc(-n2cccn2)cc1. The van der Waals surface area contributed by atoms with E-state index in [1.807, 2.05) is 35.1 Å². The highest BCUT2D eigenvalue weighted by atomic mass is 32.2. The third-order valence-corrected chi connectivity index (χ3v) is 4.85. The molecule has 0 bridgehead atoms. The summed E-state index contributed by atoms with van der Waals surface area (Å²) in [5.41, 5.74) is 4.40. The molecule has 0 radical (unpaired) electrons. The van der Waals surface area contributed by atoms with Crippen LogP contribution < -0.4 is 0 Å². The third kappa shape index (κ3) is 3.32. The minimum Gasteiger partial charge on any atom is -0.241 e. The maximum Gasteiger partial charge on any atom is 0.214 e. The fourth-order valence-electron chi connectivity index (χ4n) is 2.54. The number of hydrogen-bond donors (Lipinski definition) is 0. The van der Waals surface area contributed by atoms with Gasteiger partial charge < -0.3 is 0 Å². The molecule has 0 saturated heterocycles. The smallest absolute Gasteiger partial charge is 0.214 e. The molecule has 0 unspecified atom stereocenters. The number of benzene rings is 2. The van der Waals surface area contributed by atoms with Crippen molar-refractivity contribution in [2.24, 2.45) is 0 Å². The van der Waals surface area contributed by atoms with E-state index in [1.54, 1.807) is 22.6 Å². The van der Waals surface area contributed by atoms with Gasteiger partial charge in [0.2, 0.25) is 5.16 Å². The fraction of sp³-hybridized carbons (Fsp3) is 0.111. The van der Waals surface area contributed by atoms with Crippen molar-refractivity contribution in [3.8, 4) is 11.4 Å². The van der Waals surface area contributed by atoms with Crippen molar-refractivity contribution in [1.82, 2.24) is 30.0 Å². The Balaban J connectivity index is 1.49. The predicted octanol–water partition coefficient (Wildman–Crippen LogP) is 3.45. The molecular formula is C18H16N6S. The van der Waals surface area contributed by atoms with Crippen LogP contribution in [-0.2, 0) is 5.75 Å². The zero-order valence-electron chi connectivity index (χ0n) is 13.6. The summed E-state index contributed by atoms with van der Waals surface area (Å²) in [5.74, 6) is 0.797. The molecule has 0 N–H and O–H groups in total. The maximum absolute atomic E-state index is 4.24. The lowest BCUT2D eigenvalue weighted by Crippen LogP contribution is -2.01. The van der Waals surface area contributed by atoms with Gasteiger partial charge >= 0.3 is 0 Å². The van der Waals surface area contributed by atoms with Gasteiger partial charge in [-0.1, -0.05) is 42.1 Å². The van der Waals surface area contributed by atoms with Crippen LogP contribution in [0.15, 0.2) is 72.1 Å². The molecule has 124 valence electrons. The largest absolute Gasteiger partial charge is 0.241 e. The lowest BCUT2D eigenvalue weighted by molar-refractivity contribution is 0.752. The Hall–Kier alpha value is -2.93. The van der Waals surface area contributed by atoms with Gasteiger partial charge in [0.1, 0.15) is 0 Å². The molecule has 6 nitrogen and oxygen atoms in total. The Morgan fingerprint density at radius 1 is 1.00 bits per heavy atom. The monoisotopic (exact) mass is 348 g/mol. The quantitative estimate of drug-likeness (QED) is 0.517. The Morgan fingerprint density at radius 3 is 2.60 bits per heavy atom. The molecule has 0 fully saturated rings. The molecule has 2 aromatic carbocycles. The second-order valence-electron chi connectivity index (χ2n) is 5.57. The molecule has 0 spiro atoms. The van der Waals surface area contributed by atoms with E-state index in [9.17, 15) is 0 Å². The number of tetrazole rings is 1. The second-order valence-corrected chi connectivity index (χ2v) is 6.51. The number of nitrogens with zero attached hydrogens (tertiary/aromatic N) is 6. The zero-order valence-corrected chi connectivity index (χ0v) is 14.5. The van der Waals surface area contributed by atoms with Crippen molar-refractivity contribution in [1.29, 1.82) is 0 Å². The van der Waals surface area contributed by atoms with E-state index in [0.29, 0.717) is 0 Å². The number of para-hydroxylation sites is 1. The molecule has 0 aliphatic carbocycles. The summed E-state index contributed by atoms with van der Waals surface area (Å²) >= 11 is 1.62. The van der Waals surface area contributed by atoms with Gasteiger partial charge in [-0.15, -0.1) is 5.10 Å². The third-order valence-electron chi connectivity index (χ3n) is 3.86. The first-order chi connectivity index (χ1) is 12.3. The first-order valence-corrected chi connectivity index (χ1v) is 8.86. The van der Waals surface area contributed by atoms with Gasteiger partial charge in [-0.2, -0.15) is 9.78 Å². The van der Waals surface area contributed by atoms with Crippen molar-refractivity contribution < 1.29 is 0 Å². The molecule has 0 aliphatic rings. The van der Waals surface area contributed by atoms with Crippen LogP contribution in [0.4, 0.5) is 0 Å². The van der Waals surface area contributed by atoms with Gasteiger partial charge in [0.25, 0.3) is 0 Å². The van der Waals surface area contributed by atoms with Crippen LogP contribution in [0.2, 0.25) is 0 Å². The number of rotatable bonds is 5. The summed E-state index contributed by atoms with van der Waals surface area (Å²) in [4.78, 5) is 0. The van der Waals surface area contributed by atoms with Crippen molar-refractivity contribution >= 4 is 11.8 Å². The Kier molecular flexibility index (Phi) is 4.30. The first-order valence-electron chi connectivity index (χ1n) is 7.87. The first kappa shape index (κ1) is 15.6. The van der Waals surface area contributed by atoms with E-state index in [-0.39, 0.29) is 0 Å². The van der Waals surface area contributed by atoms with E-state index >= 15 is 0 Å². The molecule has 0 saturated carbocycles. The molecule has 7 heteroatoms. The molecule has 2 heterocycles. The van der Waals surface area contributed by atoms with Gasteiger partial charge in [-0.25, -0.2) is 4.68 Å². The molecule has 0 aliphatic heterocycles. The minimum atomic E-state index is 0.783. The Morgan fingerprint density at radius 2 is 1.84 bits per heavy atom. The van der Waals surface area contributed by atoms with Gasteiger partial charge in [-0.05, 0) is 52.7 Å².